The molecule has 0 bridgehead atoms. The van der Waals surface area contributed by atoms with Gasteiger partial charge in [-0.05, 0) is 13.8 Å². The van der Waals surface area contributed by atoms with Crippen molar-refractivity contribution in [2.45, 2.75) is 44.2 Å². The number of hydrogen-bond donors (Lipinski definition) is 2. The van der Waals surface area contributed by atoms with Crippen molar-refractivity contribution in [1.29, 1.82) is 0 Å². The molecule has 9 heteroatoms. The van der Waals surface area contributed by atoms with Crippen LogP contribution in [0.15, 0.2) is 12.5 Å². The fourth-order valence-electron chi connectivity index (χ4n) is 3.29. The van der Waals surface area contributed by atoms with Crippen molar-refractivity contribution in [1.82, 2.24) is 14.5 Å². The Hall–Kier alpha value is -1.81. The average Bonchev–Trinajstić information content (AvgIpc) is 3.08. The molecular formula is C14H17FN4O4. The van der Waals surface area contributed by atoms with Crippen LogP contribution in [0.1, 0.15) is 20.1 Å². The van der Waals surface area contributed by atoms with Gasteiger partial charge in [-0.1, -0.05) is 0 Å². The van der Waals surface area contributed by atoms with Gasteiger partial charge < -0.3 is 29.6 Å². The lowest BCUT2D eigenvalue weighted by Crippen LogP contribution is -2.31. The van der Waals surface area contributed by atoms with Crippen molar-refractivity contribution in [3.05, 3.63) is 18.3 Å². The molecule has 4 atom stereocenters. The lowest BCUT2D eigenvalue weighted by atomic mass is 10.1. The number of rotatable bonds is 2. The van der Waals surface area contributed by atoms with Gasteiger partial charge in [0.2, 0.25) is 0 Å². The molecule has 2 saturated heterocycles. The van der Waals surface area contributed by atoms with Gasteiger partial charge in [-0.3, -0.25) is 0 Å². The van der Waals surface area contributed by atoms with Crippen LogP contribution in [0.25, 0.3) is 11.0 Å². The highest BCUT2D eigenvalue weighted by molar-refractivity contribution is 5.86. The summed E-state index contributed by atoms with van der Waals surface area (Å²) in [5, 5.41) is 9.66. The van der Waals surface area contributed by atoms with E-state index >= 15 is 0 Å². The molecule has 2 aromatic rings. The van der Waals surface area contributed by atoms with Crippen molar-refractivity contribution in [2.75, 3.05) is 12.3 Å². The number of anilines is 1. The minimum absolute atomic E-state index is 0.0587. The molecule has 0 spiro atoms. The van der Waals surface area contributed by atoms with Gasteiger partial charge in [-0.25, -0.2) is 14.4 Å². The number of hydrogen-bond acceptors (Lipinski definition) is 7. The summed E-state index contributed by atoms with van der Waals surface area (Å²) in [6, 6.07) is 0. The zero-order valence-electron chi connectivity index (χ0n) is 12.6. The highest BCUT2D eigenvalue weighted by Crippen LogP contribution is 2.44. The second-order valence-electron chi connectivity index (χ2n) is 6.15. The van der Waals surface area contributed by atoms with Gasteiger partial charge in [0, 0.05) is 6.20 Å². The Balaban J connectivity index is 1.81. The van der Waals surface area contributed by atoms with E-state index in [9.17, 15) is 9.50 Å². The third-order valence-corrected chi connectivity index (χ3v) is 4.17. The predicted molar refractivity (Wildman–Crippen MR) is 76.7 cm³/mol. The summed E-state index contributed by atoms with van der Waals surface area (Å²) in [5.74, 6) is -1.28. The molecule has 0 radical (unpaired) electrons. The molecule has 8 nitrogen and oxygen atoms in total. The third-order valence-electron chi connectivity index (χ3n) is 4.17. The molecule has 3 N–H and O–H groups in total. The van der Waals surface area contributed by atoms with Gasteiger partial charge in [0.25, 0.3) is 0 Å². The first-order chi connectivity index (χ1) is 10.9. The van der Waals surface area contributed by atoms with Gasteiger partial charge in [0.1, 0.15) is 30.5 Å². The molecule has 0 amide bonds. The van der Waals surface area contributed by atoms with E-state index in [4.69, 9.17) is 19.9 Å². The quantitative estimate of drug-likeness (QED) is 0.831. The maximum absolute atomic E-state index is 14.2. The van der Waals surface area contributed by atoms with E-state index in [1.165, 1.54) is 17.1 Å². The molecule has 0 aromatic carbocycles. The molecule has 0 unspecified atom stereocenters. The first-order valence-electron chi connectivity index (χ1n) is 7.30. The number of ether oxygens (including phenoxy) is 3. The van der Waals surface area contributed by atoms with E-state index in [0.717, 1.165) is 0 Å². The van der Waals surface area contributed by atoms with Crippen LogP contribution in [0.2, 0.25) is 0 Å². The summed E-state index contributed by atoms with van der Waals surface area (Å²) in [6.07, 6.45) is 0.338. The highest BCUT2D eigenvalue weighted by Gasteiger charge is 2.56. The Bertz CT molecular complexity index is 765. The third kappa shape index (κ3) is 2.12. The molecule has 0 saturated carbocycles. The number of fused-ring (bicyclic) bond motifs is 2. The molecular weight excluding hydrogens is 307 g/mol. The molecule has 2 aromatic heterocycles. The van der Waals surface area contributed by atoms with Crippen LogP contribution in [-0.4, -0.2) is 50.3 Å². The van der Waals surface area contributed by atoms with E-state index in [0.29, 0.717) is 5.65 Å². The van der Waals surface area contributed by atoms with Gasteiger partial charge in [-0.15, -0.1) is 0 Å². The largest absolute Gasteiger partial charge is 0.394 e. The number of nitrogen functional groups attached to an aromatic ring is 1. The molecule has 2 aliphatic rings. The van der Waals surface area contributed by atoms with Crippen molar-refractivity contribution < 1.29 is 23.7 Å². The standard InChI is InChI=1S/C14H17FN4O4/c1-14(2)22-9-7(4-20)21-13(10(9)23-14)19-3-6(15)8-11(16)17-5-18-12(8)19/h3,5,7,9-10,13,20H,4H2,1-2H3,(H2,16,17,18)/t7-,9-,10-,13-/m1/s1. The molecule has 2 fully saturated rings. The number of halogens is 1. The van der Waals surface area contributed by atoms with Crippen LogP contribution in [-0.2, 0) is 14.2 Å². The Morgan fingerprint density at radius 1 is 1.35 bits per heavy atom. The van der Waals surface area contributed by atoms with Crippen molar-refractivity contribution >= 4 is 16.9 Å². The normalized spacial score (nSPS) is 32.5. The molecule has 4 rings (SSSR count). The summed E-state index contributed by atoms with van der Waals surface area (Å²) in [7, 11) is 0. The monoisotopic (exact) mass is 324 g/mol. The first kappa shape index (κ1) is 14.8. The minimum Gasteiger partial charge on any atom is -0.394 e. The lowest BCUT2D eigenvalue weighted by Gasteiger charge is -2.24. The Kier molecular flexibility index (Phi) is 3.11. The maximum atomic E-state index is 14.2. The number of nitrogens with two attached hydrogens (primary N) is 1. The van der Waals surface area contributed by atoms with Gasteiger partial charge in [0.15, 0.2) is 23.5 Å². The Morgan fingerprint density at radius 2 is 2.09 bits per heavy atom. The zero-order valence-corrected chi connectivity index (χ0v) is 12.6. The van der Waals surface area contributed by atoms with Crippen LogP contribution >= 0.6 is 0 Å². The second-order valence-corrected chi connectivity index (χ2v) is 6.15. The van der Waals surface area contributed by atoms with Crippen molar-refractivity contribution in [3.63, 3.8) is 0 Å². The Morgan fingerprint density at radius 3 is 2.83 bits per heavy atom. The van der Waals surface area contributed by atoms with E-state index in [1.807, 2.05) is 0 Å². The SMILES string of the molecule is CC1(C)O[C@@H]2[C@H](O1)[C@@H](CO)O[C@H]2n1cc(F)c2c(N)ncnc21. The predicted octanol–water partition coefficient (Wildman–Crippen LogP) is 0.562. The minimum atomic E-state index is -0.805. The van der Waals surface area contributed by atoms with Gasteiger partial charge >= 0.3 is 0 Å². The summed E-state index contributed by atoms with van der Waals surface area (Å²) in [5.41, 5.74) is 6.04. The summed E-state index contributed by atoms with van der Waals surface area (Å²) < 4.78 is 33.2. The van der Waals surface area contributed by atoms with E-state index < -0.39 is 36.1 Å². The number of aliphatic hydroxyl groups excluding tert-OH is 1. The number of aromatic nitrogens is 3. The average molecular weight is 324 g/mol. The smallest absolute Gasteiger partial charge is 0.165 e. The van der Waals surface area contributed by atoms with Crippen molar-refractivity contribution in [2.24, 2.45) is 0 Å². The number of nitrogens with zero attached hydrogens (tertiary/aromatic N) is 3. The summed E-state index contributed by atoms with van der Waals surface area (Å²) >= 11 is 0. The first-order valence-corrected chi connectivity index (χ1v) is 7.30. The summed E-state index contributed by atoms with van der Waals surface area (Å²) in [6.45, 7) is 3.34. The molecule has 4 heterocycles. The molecule has 124 valence electrons. The fraction of sp³-hybridized carbons (Fsp3) is 0.571. The van der Waals surface area contributed by atoms with Crippen molar-refractivity contribution in [3.8, 4) is 0 Å². The van der Waals surface area contributed by atoms with Crippen LogP contribution in [0, 0.1) is 5.82 Å². The van der Waals surface area contributed by atoms with Gasteiger partial charge in [-0.2, -0.15) is 0 Å². The van der Waals surface area contributed by atoms with Crippen LogP contribution < -0.4 is 5.73 Å². The number of aliphatic hydroxyl groups is 1. The Labute approximate surface area is 131 Å². The van der Waals surface area contributed by atoms with Gasteiger partial charge in [0.05, 0.1) is 12.0 Å². The van der Waals surface area contributed by atoms with E-state index in [-0.39, 0.29) is 17.8 Å². The van der Waals surface area contributed by atoms with Crippen LogP contribution in [0.3, 0.4) is 0 Å². The van der Waals surface area contributed by atoms with E-state index in [1.54, 1.807) is 13.8 Å². The maximum Gasteiger partial charge on any atom is 0.165 e. The van der Waals surface area contributed by atoms with Crippen LogP contribution in [0.5, 0.6) is 0 Å². The van der Waals surface area contributed by atoms with Crippen LogP contribution in [0.4, 0.5) is 10.2 Å². The highest BCUT2D eigenvalue weighted by atomic mass is 19.1. The lowest BCUT2D eigenvalue weighted by molar-refractivity contribution is -0.199. The zero-order chi connectivity index (χ0) is 16.4. The fourth-order valence-corrected chi connectivity index (χ4v) is 3.29. The summed E-state index contributed by atoms with van der Waals surface area (Å²) in [4.78, 5) is 7.91. The molecule has 23 heavy (non-hydrogen) atoms. The van der Waals surface area contributed by atoms with E-state index in [2.05, 4.69) is 9.97 Å². The topological polar surface area (TPSA) is 105 Å². The second kappa shape index (κ2) is 4.84. The molecule has 0 aliphatic carbocycles. The molecule has 2 aliphatic heterocycles.